The van der Waals surface area contributed by atoms with Crippen molar-refractivity contribution in [3.63, 3.8) is 0 Å². The summed E-state index contributed by atoms with van der Waals surface area (Å²) >= 11 is 0. The highest BCUT2D eigenvalue weighted by Gasteiger charge is 2.32. The fourth-order valence-electron chi connectivity index (χ4n) is 3.55. The largest absolute Gasteiger partial charge is 0.463 e. The van der Waals surface area contributed by atoms with Gasteiger partial charge in [0.05, 0.1) is 30.5 Å². The van der Waals surface area contributed by atoms with E-state index < -0.39 is 0 Å². The summed E-state index contributed by atoms with van der Waals surface area (Å²) in [6.45, 7) is 5.44. The lowest BCUT2D eigenvalue weighted by Crippen LogP contribution is -2.52. The van der Waals surface area contributed by atoms with Crippen molar-refractivity contribution in [1.29, 1.82) is 0 Å². The Bertz CT molecular complexity index is 699. The molecule has 2 N–H and O–H groups in total. The van der Waals surface area contributed by atoms with E-state index in [-0.39, 0.29) is 18.0 Å². The summed E-state index contributed by atoms with van der Waals surface area (Å²) in [5.74, 6) is -0.359. The number of ether oxygens (including phenoxy) is 1. The van der Waals surface area contributed by atoms with Crippen LogP contribution >= 0.6 is 0 Å². The molecule has 6 heteroatoms. The second kappa shape index (κ2) is 7.59. The normalized spacial score (nSPS) is 19.8. The van der Waals surface area contributed by atoms with Gasteiger partial charge in [-0.1, -0.05) is 25.1 Å². The molecular formula is C19H25N3O3. The average molecular weight is 343 g/mol. The second-order valence-corrected chi connectivity index (χ2v) is 6.33. The zero-order valence-electron chi connectivity index (χ0n) is 14.8. The Morgan fingerprint density at radius 2 is 2.12 bits per heavy atom. The molecule has 0 saturated heterocycles. The number of rotatable bonds is 5. The SMILES string of the molecule is CCOC(=O)C1=C(CN2CCCc3ccccc32)NC(=O)NC1CC. The average Bonchev–Trinajstić information content (AvgIpc) is 2.61. The number of aryl methyl sites for hydroxylation is 1. The van der Waals surface area contributed by atoms with Gasteiger partial charge in [-0.05, 0) is 37.8 Å². The smallest absolute Gasteiger partial charge is 0.337 e. The molecule has 2 heterocycles. The molecule has 6 nitrogen and oxygen atoms in total. The van der Waals surface area contributed by atoms with Crippen LogP contribution in [0, 0.1) is 0 Å². The molecule has 2 amide bonds. The van der Waals surface area contributed by atoms with Crippen molar-refractivity contribution in [2.75, 3.05) is 24.6 Å². The summed E-state index contributed by atoms with van der Waals surface area (Å²) in [6, 6.07) is 7.72. The number of urea groups is 1. The van der Waals surface area contributed by atoms with Gasteiger partial charge in [0.1, 0.15) is 0 Å². The van der Waals surface area contributed by atoms with Crippen LogP contribution in [-0.4, -0.2) is 37.7 Å². The van der Waals surface area contributed by atoms with E-state index in [0.29, 0.717) is 30.8 Å². The summed E-state index contributed by atoms with van der Waals surface area (Å²) in [5.41, 5.74) is 3.65. The van der Waals surface area contributed by atoms with Gasteiger partial charge in [-0.2, -0.15) is 0 Å². The number of amides is 2. The molecule has 1 aromatic carbocycles. The molecule has 2 aliphatic rings. The van der Waals surface area contributed by atoms with Crippen molar-refractivity contribution < 1.29 is 14.3 Å². The van der Waals surface area contributed by atoms with Gasteiger partial charge in [0.2, 0.25) is 0 Å². The van der Waals surface area contributed by atoms with E-state index in [0.717, 1.165) is 19.4 Å². The van der Waals surface area contributed by atoms with E-state index >= 15 is 0 Å². The molecule has 1 atom stereocenters. The number of nitrogens with zero attached hydrogens (tertiary/aromatic N) is 1. The Balaban J connectivity index is 1.94. The number of fused-ring (bicyclic) bond motifs is 1. The number of carbonyl (C=O) groups excluding carboxylic acids is 2. The van der Waals surface area contributed by atoms with Crippen LogP contribution < -0.4 is 15.5 Å². The fourth-order valence-corrected chi connectivity index (χ4v) is 3.55. The molecule has 0 bridgehead atoms. The lowest BCUT2D eigenvalue weighted by molar-refractivity contribution is -0.139. The molecule has 1 aromatic rings. The number of nitrogens with one attached hydrogen (secondary N) is 2. The summed E-state index contributed by atoms with van der Waals surface area (Å²) < 4.78 is 5.23. The Morgan fingerprint density at radius 3 is 2.88 bits per heavy atom. The minimum atomic E-state index is -0.359. The summed E-state index contributed by atoms with van der Waals surface area (Å²) in [5, 5.41) is 5.65. The Hall–Kier alpha value is -2.50. The topological polar surface area (TPSA) is 70.7 Å². The van der Waals surface area contributed by atoms with Crippen LogP contribution in [0.4, 0.5) is 10.5 Å². The van der Waals surface area contributed by atoms with E-state index in [2.05, 4.69) is 27.7 Å². The van der Waals surface area contributed by atoms with Gasteiger partial charge in [0.15, 0.2) is 0 Å². The first-order valence-corrected chi connectivity index (χ1v) is 8.94. The number of para-hydroxylation sites is 1. The number of esters is 1. The van der Waals surface area contributed by atoms with Crippen molar-refractivity contribution in [3.8, 4) is 0 Å². The summed E-state index contributed by atoms with van der Waals surface area (Å²) in [7, 11) is 0. The first-order valence-electron chi connectivity index (χ1n) is 8.94. The highest BCUT2D eigenvalue weighted by Crippen LogP contribution is 2.28. The maximum atomic E-state index is 12.5. The molecule has 2 aliphatic heterocycles. The van der Waals surface area contributed by atoms with Crippen molar-refractivity contribution in [3.05, 3.63) is 41.1 Å². The fraction of sp³-hybridized carbons (Fsp3) is 0.474. The highest BCUT2D eigenvalue weighted by atomic mass is 16.5. The van der Waals surface area contributed by atoms with Crippen LogP contribution in [0.1, 0.15) is 32.3 Å². The molecule has 0 aliphatic carbocycles. The van der Waals surface area contributed by atoms with Crippen LogP contribution in [0.3, 0.4) is 0 Å². The Kier molecular flexibility index (Phi) is 5.26. The van der Waals surface area contributed by atoms with Crippen molar-refractivity contribution in [2.24, 2.45) is 0 Å². The van der Waals surface area contributed by atoms with Crippen LogP contribution in [0.15, 0.2) is 35.5 Å². The molecule has 0 radical (unpaired) electrons. The Labute approximate surface area is 148 Å². The first kappa shape index (κ1) is 17.3. The summed E-state index contributed by atoms with van der Waals surface area (Å²) in [4.78, 5) is 26.7. The van der Waals surface area contributed by atoms with Crippen LogP contribution in [0.5, 0.6) is 0 Å². The number of hydrogen-bond acceptors (Lipinski definition) is 4. The number of benzene rings is 1. The molecule has 134 valence electrons. The van der Waals surface area contributed by atoms with Crippen LogP contribution in [0.2, 0.25) is 0 Å². The van der Waals surface area contributed by atoms with Crippen LogP contribution in [-0.2, 0) is 16.0 Å². The summed E-state index contributed by atoms with van der Waals surface area (Å²) in [6.07, 6.45) is 2.76. The molecule has 0 saturated carbocycles. The first-order chi connectivity index (χ1) is 12.1. The van der Waals surface area contributed by atoms with Gasteiger partial charge in [-0.3, -0.25) is 0 Å². The molecule has 25 heavy (non-hydrogen) atoms. The lowest BCUT2D eigenvalue weighted by Gasteiger charge is -2.35. The maximum absolute atomic E-state index is 12.5. The molecule has 3 rings (SSSR count). The van der Waals surface area contributed by atoms with Gasteiger partial charge in [-0.15, -0.1) is 0 Å². The predicted molar refractivity (Wildman–Crippen MR) is 96.4 cm³/mol. The van der Waals surface area contributed by atoms with Gasteiger partial charge >= 0.3 is 12.0 Å². The molecular weight excluding hydrogens is 318 g/mol. The van der Waals surface area contributed by atoms with Gasteiger partial charge in [0.25, 0.3) is 0 Å². The zero-order valence-corrected chi connectivity index (χ0v) is 14.8. The van der Waals surface area contributed by atoms with Crippen molar-refractivity contribution in [2.45, 2.75) is 39.2 Å². The molecule has 0 fully saturated rings. The van der Waals surface area contributed by atoms with E-state index in [1.54, 1.807) is 6.92 Å². The number of hydrogen-bond donors (Lipinski definition) is 2. The highest BCUT2D eigenvalue weighted by molar-refractivity contribution is 5.95. The third-order valence-corrected chi connectivity index (χ3v) is 4.70. The molecule has 0 aromatic heterocycles. The minimum absolute atomic E-state index is 0.264. The van der Waals surface area contributed by atoms with E-state index in [4.69, 9.17) is 4.74 Å². The standard InChI is InChI=1S/C19H25N3O3/c1-3-14-17(18(23)25-4-2)15(21-19(24)20-14)12-22-11-7-9-13-8-5-6-10-16(13)22/h5-6,8,10,14H,3-4,7,9,11-12H2,1-2H3,(H2,20,21,24). The minimum Gasteiger partial charge on any atom is -0.463 e. The van der Waals surface area contributed by atoms with E-state index in [1.165, 1.54) is 11.3 Å². The molecule has 1 unspecified atom stereocenters. The number of carbonyl (C=O) groups is 2. The number of anilines is 1. The predicted octanol–water partition coefficient (Wildman–Crippen LogP) is 2.35. The maximum Gasteiger partial charge on any atom is 0.337 e. The van der Waals surface area contributed by atoms with Gasteiger partial charge in [0, 0.05) is 12.2 Å². The van der Waals surface area contributed by atoms with Crippen LogP contribution in [0.25, 0.3) is 0 Å². The zero-order chi connectivity index (χ0) is 17.8. The van der Waals surface area contributed by atoms with E-state index in [1.807, 2.05) is 19.1 Å². The third kappa shape index (κ3) is 3.62. The van der Waals surface area contributed by atoms with E-state index in [9.17, 15) is 9.59 Å². The lowest BCUT2D eigenvalue weighted by atomic mass is 9.98. The second-order valence-electron chi connectivity index (χ2n) is 6.33. The van der Waals surface area contributed by atoms with Gasteiger partial charge < -0.3 is 20.3 Å². The van der Waals surface area contributed by atoms with Crippen molar-refractivity contribution in [1.82, 2.24) is 10.6 Å². The van der Waals surface area contributed by atoms with Crippen molar-refractivity contribution >= 4 is 17.7 Å². The quantitative estimate of drug-likeness (QED) is 0.805. The third-order valence-electron chi connectivity index (χ3n) is 4.70. The monoisotopic (exact) mass is 343 g/mol. The Morgan fingerprint density at radius 1 is 1.32 bits per heavy atom. The van der Waals surface area contributed by atoms with Gasteiger partial charge in [-0.25, -0.2) is 9.59 Å². The molecule has 0 spiro atoms.